The molecule has 7 nitrogen and oxygen atoms in total. The van der Waals surface area contributed by atoms with Crippen LogP contribution in [0.1, 0.15) is 17.4 Å². The third-order valence-electron chi connectivity index (χ3n) is 2.10. The quantitative estimate of drug-likeness (QED) is 0.707. The summed E-state index contributed by atoms with van der Waals surface area (Å²) in [6.07, 6.45) is 1.35. The van der Waals surface area contributed by atoms with Crippen molar-refractivity contribution in [3.63, 3.8) is 0 Å². The smallest absolute Gasteiger partial charge is 0.291 e. The molecule has 2 N–H and O–H groups in total. The van der Waals surface area contributed by atoms with Crippen molar-refractivity contribution in [2.24, 2.45) is 7.05 Å². The largest absolute Gasteiger partial charge is 0.345 e. The number of hydroxylamine groups is 1. The van der Waals surface area contributed by atoms with Crippen LogP contribution in [0.5, 0.6) is 0 Å². The Morgan fingerprint density at radius 3 is 2.71 bits per heavy atom. The van der Waals surface area contributed by atoms with Crippen LogP contribution < -0.4 is 10.2 Å². The average Bonchev–Trinajstić information content (AvgIpc) is 2.69. The number of carbonyl (C=O) groups is 1. The SMILES string of the molecule is CCONC(=O)c1cc(S(=O)(=O)NC)cn1C. The summed E-state index contributed by atoms with van der Waals surface area (Å²) in [6, 6.07) is 1.28. The van der Waals surface area contributed by atoms with E-state index in [-0.39, 0.29) is 10.6 Å². The van der Waals surface area contributed by atoms with Crippen LogP contribution in [0.25, 0.3) is 0 Å². The molecule has 1 rings (SSSR count). The van der Waals surface area contributed by atoms with Crippen molar-refractivity contribution in [2.75, 3.05) is 13.7 Å². The maximum Gasteiger partial charge on any atom is 0.291 e. The predicted octanol–water partition coefficient (Wildman–Crippen LogP) is -0.385. The Morgan fingerprint density at radius 1 is 1.53 bits per heavy atom. The second-order valence-corrected chi connectivity index (χ2v) is 5.13. The van der Waals surface area contributed by atoms with Gasteiger partial charge in [-0.25, -0.2) is 18.6 Å². The molecule has 0 aliphatic heterocycles. The molecule has 0 saturated carbocycles. The molecule has 0 aromatic carbocycles. The number of rotatable bonds is 5. The Balaban J connectivity index is 3.01. The van der Waals surface area contributed by atoms with Gasteiger partial charge < -0.3 is 4.57 Å². The minimum atomic E-state index is -3.55. The maximum absolute atomic E-state index is 11.6. The average molecular weight is 261 g/mol. The molecular formula is C9H15N3O4S. The Kier molecular flexibility index (Phi) is 4.27. The van der Waals surface area contributed by atoms with Gasteiger partial charge in [-0.1, -0.05) is 0 Å². The van der Waals surface area contributed by atoms with E-state index in [0.29, 0.717) is 6.61 Å². The van der Waals surface area contributed by atoms with Gasteiger partial charge in [0.2, 0.25) is 10.0 Å². The third kappa shape index (κ3) is 3.05. The first kappa shape index (κ1) is 13.7. The van der Waals surface area contributed by atoms with Crippen molar-refractivity contribution in [1.29, 1.82) is 0 Å². The van der Waals surface area contributed by atoms with Crippen LogP contribution in [0.4, 0.5) is 0 Å². The number of aryl methyl sites for hydroxylation is 1. The van der Waals surface area contributed by atoms with E-state index in [1.165, 1.54) is 23.9 Å². The zero-order chi connectivity index (χ0) is 13.1. The van der Waals surface area contributed by atoms with Crippen molar-refractivity contribution in [2.45, 2.75) is 11.8 Å². The lowest BCUT2D eigenvalue weighted by Crippen LogP contribution is -2.25. The first-order chi connectivity index (χ1) is 7.92. The van der Waals surface area contributed by atoms with Gasteiger partial charge in [-0.2, -0.15) is 0 Å². The molecule has 0 atom stereocenters. The zero-order valence-electron chi connectivity index (χ0n) is 9.85. The minimum absolute atomic E-state index is 0.0316. The van der Waals surface area contributed by atoms with Crippen molar-refractivity contribution in [3.8, 4) is 0 Å². The van der Waals surface area contributed by atoms with E-state index in [9.17, 15) is 13.2 Å². The summed E-state index contributed by atoms with van der Waals surface area (Å²) in [5, 5.41) is 0. The number of hydrogen-bond donors (Lipinski definition) is 2. The first-order valence-electron chi connectivity index (χ1n) is 4.94. The Hall–Kier alpha value is -1.38. The summed E-state index contributed by atoms with van der Waals surface area (Å²) in [7, 11) is -0.659. The zero-order valence-corrected chi connectivity index (χ0v) is 10.7. The van der Waals surface area contributed by atoms with E-state index in [2.05, 4.69) is 10.2 Å². The normalized spacial score (nSPS) is 11.5. The maximum atomic E-state index is 11.6. The molecular weight excluding hydrogens is 246 g/mol. The van der Waals surface area contributed by atoms with E-state index in [1.54, 1.807) is 14.0 Å². The minimum Gasteiger partial charge on any atom is -0.345 e. The van der Waals surface area contributed by atoms with Crippen LogP contribution >= 0.6 is 0 Å². The van der Waals surface area contributed by atoms with Crippen LogP contribution in [-0.2, 0) is 21.9 Å². The Labute approximate surface area is 99.8 Å². The third-order valence-corrected chi connectivity index (χ3v) is 3.48. The van der Waals surface area contributed by atoms with Crippen LogP contribution in [0, 0.1) is 0 Å². The van der Waals surface area contributed by atoms with Crippen LogP contribution in [0.2, 0.25) is 0 Å². The van der Waals surface area contributed by atoms with Crippen molar-refractivity contribution >= 4 is 15.9 Å². The summed E-state index contributed by atoms with van der Waals surface area (Å²) in [5.41, 5.74) is 2.40. The van der Waals surface area contributed by atoms with Crippen molar-refractivity contribution < 1.29 is 18.0 Å². The number of hydrogen-bond acceptors (Lipinski definition) is 4. The number of amides is 1. The number of aromatic nitrogens is 1. The molecule has 96 valence electrons. The second-order valence-electron chi connectivity index (χ2n) is 3.24. The van der Waals surface area contributed by atoms with E-state index >= 15 is 0 Å². The van der Waals surface area contributed by atoms with Crippen molar-refractivity contribution in [1.82, 2.24) is 14.8 Å². The molecule has 1 amide bonds. The highest BCUT2D eigenvalue weighted by atomic mass is 32.2. The van der Waals surface area contributed by atoms with E-state index in [1.807, 2.05) is 0 Å². The van der Waals surface area contributed by atoms with Crippen LogP contribution in [-0.4, -0.2) is 32.5 Å². The molecule has 0 fully saturated rings. The van der Waals surface area contributed by atoms with Gasteiger partial charge in [-0.15, -0.1) is 0 Å². The molecule has 0 aliphatic rings. The molecule has 1 aromatic heterocycles. The van der Waals surface area contributed by atoms with Gasteiger partial charge in [0, 0.05) is 13.2 Å². The highest BCUT2D eigenvalue weighted by Crippen LogP contribution is 2.12. The standard InChI is InChI=1S/C9H15N3O4S/c1-4-16-11-9(13)8-5-7(6-12(8)3)17(14,15)10-2/h5-6,10H,4H2,1-3H3,(H,11,13). The topological polar surface area (TPSA) is 89.4 Å². The van der Waals surface area contributed by atoms with Gasteiger partial charge in [-0.3, -0.25) is 9.63 Å². The summed E-state index contributed by atoms with van der Waals surface area (Å²) >= 11 is 0. The van der Waals surface area contributed by atoms with Gasteiger partial charge in [0.25, 0.3) is 5.91 Å². The monoisotopic (exact) mass is 261 g/mol. The van der Waals surface area contributed by atoms with Gasteiger partial charge in [0.05, 0.1) is 6.61 Å². The lowest BCUT2D eigenvalue weighted by Gasteiger charge is -2.03. The molecule has 0 bridgehead atoms. The van der Waals surface area contributed by atoms with Crippen molar-refractivity contribution in [3.05, 3.63) is 18.0 Å². The fourth-order valence-corrected chi connectivity index (χ4v) is 2.01. The highest BCUT2D eigenvalue weighted by molar-refractivity contribution is 7.89. The number of carbonyl (C=O) groups excluding carboxylic acids is 1. The second kappa shape index (κ2) is 5.30. The molecule has 0 spiro atoms. The lowest BCUT2D eigenvalue weighted by molar-refractivity contribution is 0.0357. The molecule has 1 aromatic rings. The number of nitrogens with one attached hydrogen (secondary N) is 2. The molecule has 0 unspecified atom stereocenters. The van der Waals surface area contributed by atoms with Gasteiger partial charge >= 0.3 is 0 Å². The molecule has 8 heteroatoms. The fraction of sp³-hybridized carbons (Fsp3) is 0.444. The van der Waals surface area contributed by atoms with E-state index in [4.69, 9.17) is 4.84 Å². The number of sulfonamides is 1. The van der Waals surface area contributed by atoms with E-state index in [0.717, 1.165) is 0 Å². The summed E-state index contributed by atoms with van der Waals surface area (Å²) in [6.45, 7) is 2.06. The predicted molar refractivity (Wildman–Crippen MR) is 60.8 cm³/mol. The first-order valence-corrected chi connectivity index (χ1v) is 6.42. The summed E-state index contributed by atoms with van der Waals surface area (Å²) in [5.74, 6) is -0.494. The van der Waals surface area contributed by atoms with Crippen LogP contribution in [0.15, 0.2) is 17.2 Å². The number of nitrogens with zero attached hydrogens (tertiary/aromatic N) is 1. The molecule has 0 saturated heterocycles. The summed E-state index contributed by atoms with van der Waals surface area (Å²) < 4.78 is 26.6. The molecule has 0 aliphatic carbocycles. The van der Waals surface area contributed by atoms with E-state index < -0.39 is 15.9 Å². The fourth-order valence-electron chi connectivity index (χ4n) is 1.21. The summed E-state index contributed by atoms with van der Waals surface area (Å²) in [4.78, 5) is 16.4. The molecule has 1 heterocycles. The molecule has 17 heavy (non-hydrogen) atoms. The van der Waals surface area contributed by atoms with Crippen LogP contribution in [0.3, 0.4) is 0 Å². The van der Waals surface area contributed by atoms with Gasteiger partial charge in [0.15, 0.2) is 0 Å². The Morgan fingerprint density at radius 2 is 2.18 bits per heavy atom. The van der Waals surface area contributed by atoms with Gasteiger partial charge in [0.1, 0.15) is 10.6 Å². The van der Waals surface area contributed by atoms with Gasteiger partial charge in [-0.05, 0) is 20.0 Å². The Bertz CT molecular complexity index is 506. The lowest BCUT2D eigenvalue weighted by atomic mass is 10.4. The highest BCUT2D eigenvalue weighted by Gasteiger charge is 2.18. The molecule has 0 radical (unpaired) electrons.